The van der Waals surface area contributed by atoms with Crippen LogP contribution in [0.15, 0.2) is 6.07 Å². The molecule has 6 heteroatoms. The molecular weight excluding hydrogens is 296 g/mol. The summed E-state index contributed by atoms with van der Waals surface area (Å²) in [5, 5.41) is 0. The number of amides is 1. The molecule has 0 unspecified atom stereocenters. The molecule has 1 aromatic rings. The summed E-state index contributed by atoms with van der Waals surface area (Å²) in [6.07, 6.45) is 0. The van der Waals surface area contributed by atoms with Gasteiger partial charge in [-0.05, 0) is 13.8 Å². The lowest BCUT2D eigenvalue weighted by Crippen LogP contribution is -2.49. The Morgan fingerprint density at radius 3 is 2.36 bits per heavy atom. The zero-order valence-corrected chi connectivity index (χ0v) is 15.0. The standard InChI is InChI=1S/C16H26N4OS/c1-12-10-14(18-13(2)17-12)19-6-8-20(9-7-19)15(21)11-22-16(3,4)5/h10H,6-9,11H2,1-5H3. The molecule has 122 valence electrons. The van der Waals surface area contributed by atoms with Gasteiger partial charge in [0.25, 0.3) is 0 Å². The van der Waals surface area contributed by atoms with Crippen molar-refractivity contribution in [3.63, 3.8) is 0 Å². The summed E-state index contributed by atoms with van der Waals surface area (Å²) >= 11 is 1.71. The lowest BCUT2D eigenvalue weighted by atomic mass is 10.3. The van der Waals surface area contributed by atoms with E-state index in [1.165, 1.54) is 0 Å². The van der Waals surface area contributed by atoms with E-state index in [9.17, 15) is 4.79 Å². The maximum atomic E-state index is 12.3. The first-order valence-electron chi connectivity index (χ1n) is 7.73. The van der Waals surface area contributed by atoms with Gasteiger partial charge in [0.05, 0.1) is 5.75 Å². The van der Waals surface area contributed by atoms with Gasteiger partial charge in [-0.1, -0.05) is 20.8 Å². The number of rotatable bonds is 3. The van der Waals surface area contributed by atoms with Crippen LogP contribution in [0.2, 0.25) is 0 Å². The van der Waals surface area contributed by atoms with Gasteiger partial charge in [-0.2, -0.15) is 0 Å². The first kappa shape index (κ1) is 17.1. The van der Waals surface area contributed by atoms with Gasteiger partial charge in [0.1, 0.15) is 11.6 Å². The van der Waals surface area contributed by atoms with Crippen molar-refractivity contribution < 1.29 is 4.79 Å². The normalized spacial score (nSPS) is 16.0. The van der Waals surface area contributed by atoms with Crippen molar-refractivity contribution in [1.29, 1.82) is 0 Å². The van der Waals surface area contributed by atoms with Crippen molar-refractivity contribution in [3.05, 3.63) is 17.6 Å². The molecule has 0 aromatic carbocycles. The van der Waals surface area contributed by atoms with Crippen LogP contribution in [0.25, 0.3) is 0 Å². The summed E-state index contributed by atoms with van der Waals surface area (Å²) < 4.78 is 0.132. The quantitative estimate of drug-likeness (QED) is 0.854. The van der Waals surface area contributed by atoms with E-state index in [0.29, 0.717) is 5.75 Å². The molecule has 1 aliphatic rings. The third-order valence-electron chi connectivity index (χ3n) is 3.54. The monoisotopic (exact) mass is 322 g/mol. The number of hydrogen-bond acceptors (Lipinski definition) is 5. The summed E-state index contributed by atoms with van der Waals surface area (Å²) in [5.74, 6) is 2.58. The van der Waals surface area contributed by atoms with Crippen LogP contribution in [-0.2, 0) is 4.79 Å². The smallest absolute Gasteiger partial charge is 0.232 e. The first-order valence-corrected chi connectivity index (χ1v) is 8.72. The van der Waals surface area contributed by atoms with E-state index < -0.39 is 0 Å². The van der Waals surface area contributed by atoms with Crippen molar-refractivity contribution in [2.75, 3.05) is 36.8 Å². The summed E-state index contributed by atoms with van der Waals surface area (Å²) in [6, 6.07) is 2.01. The molecule has 0 spiro atoms. The predicted octanol–water partition coefficient (Wildman–Crippen LogP) is 2.27. The van der Waals surface area contributed by atoms with Crippen molar-refractivity contribution in [2.45, 2.75) is 39.4 Å². The molecule has 0 radical (unpaired) electrons. The van der Waals surface area contributed by atoms with Gasteiger partial charge in [-0.25, -0.2) is 9.97 Å². The highest BCUT2D eigenvalue weighted by molar-refractivity contribution is 8.01. The first-order chi connectivity index (χ1) is 10.2. The molecule has 0 N–H and O–H groups in total. The van der Waals surface area contributed by atoms with E-state index in [1.54, 1.807) is 11.8 Å². The van der Waals surface area contributed by atoms with Gasteiger partial charge in [-0.15, -0.1) is 11.8 Å². The molecule has 0 saturated carbocycles. The van der Waals surface area contributed by atoms with Gasteiger partial charge in [0, 0.05) is 42.7 Å². The molecule has 5 nitrogen and oxygen atoms in total. The van der Waals surface area contributed by atoms with Crippen LogP contribution < -0.4 is 4.90 Å². The fourth-order valence-corrected chi connectivity index (χ4v) is 3.15. The van der Waals surface area contributed by atoms with Crippen molar-refractivity contribution >= 4 is 23.5 Å². The molecule has 22 heavy (non-hydrogen) atoms. The van der Waals surface area contributed by atoms with Crippen LogP contribution in [-0.4, -0.2) is 57.5 Å². The molecule has 0 atom stereocenters. The second-order valence-electron chi connectivity index (χ2n) is 6.68. The predicted molar refractivity (Wildman–Crippen MR) is 92.5 cm³/mol. The number of hydrogen-bond donors (Lipinski definition) is 0. The minimum absolute atomic E-state index is 0.132. The highest BCUT2D eigenvalue weighted by atomic mass is 32.2. The van der Waals surface area contributed by atoms with Crippen LogP contribution in [0, 0.1) is 13.8 Å². The second kappa shape index (κ2) is 6.86. The summed E-state index contributed by atoms with van der Waals surface area (Å²) in [4.78, 5) is 25.3. The third-order valence-corrected chi connectivity index (χ3v) is 4.79. The van der Waals surface area contributed by atoms with Gasteiger partial charge in [-0.3, -0.25) is 4.79 Å². The van der Waals surface area contributed by atoms with E-state index >= 15 is 0 Å². The molecule has 2 rings (SSSR count). The van der Waals surface area contributed by atoms with Crippen LogP contribution in [0.4, 0.5) is 5.82 Å². The van der Waals surface area contributed by atoms with Crippen molar-refractivity contribution in [1.82, 2.24) is 14.9 Å². The van der Waals surface area contributed by atoms with Crippen LogP contribution in [0.5, 0.6) is 0 Å². The molecular formula is C16H26N4OS. The maximum Gasteiger partial charge on any atom is 0.232 e. The van der Waals surface area contributed by atoms with Gasteiger partial charge >= 0.3 is 0 Å². The fourth-order valence-electron chi connectivity index (χ4n) is 2.41. The largest absolute Gasteiger partial charge is 0.353 e. The summed E-state index contributed by atoms with van der Waals surface area (Å²) in [7, 11) is 0. The molecule has 1 amide bonds. The Hall–Kier alpha value is -1.30. The van der Waals surface area contributed by atoms with Gasteiger partial charge in [0.15, 0.2) is 0 Å². The molecule has 1 aromatic heterocycles. The fraction of sp³-hybridized carbons (Fsp3) is 0.688. The zero-order chi connectivity index (χ0) is 16.3. The molecule has 1 saturated heterocycles. The Labute approximate surface area is 137 Å². The lowest BCUT2D eigenvalue weighted by molar-refractivity contribution is -0.128. The number of nitrogens with zero attached hydrogens (tertiary/aromatic N) is 4. The Kier molecular flexibility index (Phi) is 5.32. The topological polar surface area (TPSA) is 49.3 Å². The minimum atomic E-state index is 0.132. The molecule has 0 bridgehead atoms. The number of anilines is 1. The zero-order valence-electron chi connectivity index (χ0n) is 14.2. The highest BCUT2D eigenvalue weighted by Gasteiger charge is 2.23. The van der Waals surface area contributed by atoms with E-state index in [4.69, 9.17) is 0 Å². The molecule has 2 heterocycles. The molecule has 1 aliphatic heterocycles. The number of aromatic nitrogens is 2. The Balaban J connectivity index is 1.88. The lowest BCUT2D eigenvalue weighted by Gasteiger charge is -2.36. The molecule has 1 fully saturated rings. The SMILES string of the molecule is Cc1cc(N2CCN(C(=O)CSC(C)(C)C)CC2)nc(C)n1. The van der Waals surface area contributed by atoms with Gasteiger partial charge in [0.2, 0.25) is 5.91 Å². The number of carbonyl (C=O) groups excluding carboxylic acids is 1. The second-order valence-corrected chi connectivity index (χ2v) is 8.49. The number of piperazine rings is 1. The third kappa shape index (κ3) is 4.87. The van der Waals surface area contributed by atoms with Crippen molar-refractivity contribution in [2.24, 2.45) is 0 Å². The minimum Gasteiger partial charge on any atom is -0.353 e. The van der Waals surface area contributed by atoms with Crippen LogP contribution >= 0.6 is 11.8 Å². The van der Waals surface area contributed by atoms with E-state index in [-0.39, 0.29) is 10.7 Å². The van der Waals surface area contributed by atoms with E-state index in [2.05, 4.69) is 35.6 Å². The Bertz CT molecular complexity index is 513. The number of thioether (sulfide) groups is 1. The summed E-state index contributed by atoms with van der Waals surface area (Å²) in [6.45, 7) is 13.5. The van der Waals surface area contributed by atoms with Crippen molar-refractivity contribution in [3.8, 4) is 0 Å². The Morgan fingerprint density at radius 1 is 1.18 bits per heavy atom. The van der Waals surface area contributed by atoms with Crippen LogP contribution in [0.1, 0.15) is 32.3 Å². The van der Waals surface area contributed by atoms with Gasteiger partial charge < -0.3 is 9.80 Å². The average Bonchev–Trinajstić information content (AvgIpc) is 2.43. The number of aryl methyl sites for hydroxylation is 2. The highest BCUT2D eigenvalue weighted by Crippen LogP contribution is 2.23. The van der Waals surface area contributed by atoms with Crippen LogP contribution in [0.3, 0.4) is 0 Å². The average molecular weight is 322 g/mol. The maximum absolute atomic E-state index is 12.3. The number of carbonyl (C=O) groups is 1. The summed E-state index contributed by atoms with van der Waals surface area (Å²) in [5.41, 5.74) is 0.989. The van der Waals surface area contributed by atoms with E-state index in [1.807, 2.05) is 24.8 Å². The Morgan fingerprint density at radius 2 is 1.82 bits per heavy atom. The molecule has 0 aliphatic carbocycles. The van der Waals surface area contributed by atoms with E-state index in [0.717, 1.165) is 43.5 Å².